The lowest BCUT2D eigenvalue weighted by Gasteiger charge is -2.10. The minimum atomic E-state index is -1.26. The zero-order chi connectivity index (χ0) is 20.1. The summed E-state index contributed by atoms with van der Waals surface area (Å²) in [5, 5.41) is 18.6. The van der Waals surface area contributed by atoms with E-state index in [1.54, 1.807) is 12.1 Å². The maximum Gasteiger partial charge on any atom is 0.339 e. The van der Waals surface area contributed by atoms with Crippen LogP contribution in [-0.2, 0) is 16.0 Å². The van der Waals surface area contributed by atoms with Crippen molar-refractivity contribution >= 4 is 23.9 Å². The van der Waals surface area contributed by atoms with Gasteiger partial charge in [0.25, 0.3) is 0 Å². The van der Waals surface area contributed by atoms with E-state index in [9.17, 15) is 29.4 Å². The number of ether oxygens (including phenoxy) is 2. The number of rotatable bonds is 6. The first-order valence-corrected chi connectivity index (χ1v) is 7.76. The van der Waals surface area contributed by atoms with Crippen LogP contribution in [-0.4, -0.2) is 34.1 Å². The fourth-order valence-corrected chi connectivity index (χ4v) is 2.43. The second-order valence-electron chi connectivity index (χ2n) is 5.64. The fraction of sp³-hybridized carbons (Fsp3) is 0.158. The van der Waals surface area contributed by atoms with E-state index in [-0.39, 0.29) is 29.0 Å². The Morgan fingerprint density at radius 1 is 0.741 bits per heavy atom. The van der Waals surface area contributed by atoms with Crippen LogP contribution < -0.4 is 9.47 Å². The average molecular weight is 372 g/mol. The summed E-state index contributed by atoms with van der Waals surface area (Å²) in [5.74, 6) is -3.95. The summed E-state index contributed by atoms with van der Waals surface area (Å²) < 4.78 is 9.74. The van der Waals surface area contributed by atoms with E-state index in [2.05, 4.69) is 0 Å². The van der Waals surface area contributed by atoms with Crippen LogP contribution in [0.15, 0.2) is 36.4 Å². The van der Waals surface area contributed by atoms with Crippen LogP contribution in [0.25, 0.3) is 0 Å². The highest BCUT2D eigenvalue weighted by Crippen LogP contribution is 2.25. The largest absolute Gasteiger partial charge is 0.478 e. The van der Waals surface area contributed by atoms with Crippen LogP contribution in [0.4, 0.5) is 0 Å². The van der Waals surface area contributed by atoms with Gasteiger partial charge in [0.1, 0.15) is 22.6 Å². The normalized spacial score (nSPS) is 10.1. The van der Waals surface area contributed by atoms with E-state index < -0.39 is 23.9 Å². The minimum absolute atomic E-state index is 0.0739. The summed E-state index contributed by atoms with van der Waals surface area (Å²) in [5.41, 5.74) is 0.773. The molecule has 2 rings (SSSR count). The van der Waals surface area contributed by atoms with E-state index in [1.807, 2.05) is 0 Å². The summed E-state index contributed by atoms with van der Waals surface area (Å²) in [6, 6.07) is 8.58. The Morgan fingerprint density at radius 3 is 1.41 bits per heavy atom. The van der Waals surface area contributed by atoms with Gasteiger partial charge in [-0.05, 0) is 41.8 Å². The van der Waals surface area contributed by atoms with Crippen LogP contribution in [0.5, 0.6) is 11.5 Å². The molecule has 0 aliphatic heterocycles. The van der Waals surface area contributed by atoms with Crippen molar-refractivity contribution in [3.63, 3.8) is 0 Å². The van der Waals surface area contributed by atoms with Crippen molar-refractivity contribution < 1.29 is 38.9 Å². The van der Waals surface area contributed by atoms with Gasteiger partial charge < -0.3 is 19.7 Å². The number of carbonyl (C=O) groups is 4. The van der Waals surface area contributed by atoms with Gasteiger partial charge in [-0.15, -0.1) is 0 Å². The maximum absolute atomic E-state index is 11.4. The highest BCUT2D eigenvalue weighted by Gasteiger charge is 2.16. The van der Waals surface area contributed by atoms with E-state index >= 15 is 0 Å². The maximum atomic E-state index is 11.4. The monoisotopic (exact) mass is 372 g/mol. The second-order valence-corrected chi connectivity index (χ2v) is 5.64. The van der Waals surface area contributed by atoms with Crippen molar-refractivity contribution in [1.29, 1.82) is 0 Å². The summed E-state index contributed by atoms with van der Waals surface area (Å²) >= 11 is 0. The topological polar surface area (TPSA) is 127 Å². The van der Waals surface area contributed by atoms with Gasteiger partial charge in [0.15, 0.2) is 0 Å². The summed E-state index contributed by atoms with van der Waals surface area (Å²) in [4.78, 5) is 44.9. The van der Waals surface area contributed by atoms with Gasteiger partial charge in [0.05, 0.1) is 0 Å². The lowest BCUT2D eigenvalue weighted by atomic mass is 10.00. The number of carboxylic acids is 2. The number of aromatic carboxylic acids is 2. The van der Waals surface area contributed by atoms with E-state index in [4.69, 9.17) is 9.47 Å². The first-order valence-electron chi connectivity index (χ1n) is 7.76. The van der Waals surface area contributed by atoms with Gasteiger partial charge in [-0.25, -0.2) is 9.59 Å². The molecule has 0 bridgehead atoms. The van der Waals surface area contributed by atoms with Crippen LogP contribution in [0, 0.1) is 0 Å². The first kappa shape index (κ1) is 19.6. The molecule has 2 aromatic carbocycles. The number of carbonyl (C=O) groups excluding carboxylic acids is 2. The van der Waals surface area contributed by atoms with Crippen LogP contribution in [0.3, 0.4) is 0 Å². The van der Waals surface area contributed by atoms with Crippen molar-refractivity contribution in [3.8, 4) is 11.5 Å². The van der Waals surface area contributed by atoms with Crippen LogP contribution >= 0.6 is 0 Å². The van der Waals surface area contributed by atoms with Gasteiger partial charge in [-0.2, -0.15) is 0 Å². The van der Waals surface area contributed by atoms with Gasteiger partial charge >= 0.3 is 23.9 Å². The molecule has 8 nitrogen and oxygen atoms in total. The molecule has 0 saturated heterocycles. The Labute approximate surface area is 154 Å². The highest BCUT2D eigenvalue weighted by atomic mass is 16.5. The smallest absolute Gasteiger partial charge is 0.339 e. The molecule has 0 atom stereocenters. The van der Waals surface area contributed by atoms with Gasteiger partial charge in [-0.3, -0.25) is 9.59 Å². The van der Waals surface area contributed by atoms with E-state index in [0.29, 0.717) is 11.1 Å². The standard InChI is InChI=1S/C19H16O8/c1-10(20)26-16-5-3-12(8-14(16)18(22)23)7-13-4-6-17(27-11(2)21)15(9-13)19(24)25/h3-6,8-9H,7H2,1-2H3,(H,22,23)(H,24,25). The minimum Gasteiger partial charge on any atom is -0.478 e. The first-order chi connectivity index (χ1) is 12.7. The molecule has 0 heterocycles. The van der Waals surface area contributed by atoms with E-state index in [0.717, 1.165) is 13.8 Å². The van der Waals surface area contributed by atoms with Crippen LogP contribution in [0.1, 0.15) is 45.7 Å². The number of hydrogen-bond acceptors (Lipinski definition) is 6. The molecular weight excluding hydrogens is 356 g/mol. The van der Waals surface area contributed by atoms with Crippen molar-refractivity contribution in [2.24, 2.45) is 0 Å². The molecular formula is C19H16O8. The lowest BCUT2D eigenvalue weighted by molar-refractivity contribution is -0.132. The quantitative estimate of drug-likeness (QED) is 0.585. The Kier molecular flexibility index (Phi) is 5.92. The molecule has 0 unspecified atom stereocenters. The summed E-state index contributed by atoms with van der Waals surface area (Å²) in [6.07, 6.45) is 0.223. The van der Waals surface area contributed by atoms with Crippen molar-refractivity contribution in [3.05, 3.63) is 58.7 Å². The molecule has 0 saturated carbocycles. The van der Waals surface area contributed by atoms with Crippen LogP contribution in [0.2, 0.25) is 0 Å². The predicted molar refractivity (Wildman–Crippen MR) is 92.2 cm³/mol. The Bertz CT molecular complexity index is 854. The highest BCUT2D eigenvalue weighted by molar-refractivity contribution is 5.93. The molecule has 2 aromatic rings. The molecule has 140 valence electrons. The van der Waals surface area contributed by atoms with Gasteiger partial charge in [0.2, 0.25) is 0 Å². The van der Waals surface area contributed by atoms with Crippen molar-refractivity contribution in [1.82, 2.24) is 0 Å². The summed E-state index contributed by atoms with van der Waals surface area (Å²) in [7, 11) is 0. The molecule has 0 amide bonds. The van der Waals surface area contributed by atoms with Crippen molar-refractivity contribution in [2.45, 2.75) is 20.3 Å². The predicted octanol–water partition coefficient (Wildman–Crippen LogP) is 2.52. The average Bonchev–Trinajstić information content (AvgIpc) is 2.56. The molecule has 0 radical (unpaired) electrons. The number of benzene rings is 2. The molecule has 0 fully saturated rings. The Hall–Kier alpha value is -3.68. The molecule has 0 aliphatic rings. The third kappa shape index (κ3) is 5.15. The molecule has 27 heavy (non-hydrogen) atoms. The number of esters is 2. The Balaban J connectivity index is 2.36. The Morgan fingerprint density at radius 2 is 1.11 bits per heavy atom. The second kappa shape index (κ2) is 8.13. The molecule has 0 aromatic heterocycles. The molecule has 0 aliphatic carbocycles. The van der Waals surface area contributed by atoms with Crippen molar-refractivity contribution in [2.75, 3.05) is 0 Å². The number of hydrogen-bond donors (Lipinski definition) is 2. The van der Waals surface area contributed by atoms with Gasteiger partial charge in [0, 0.05) is 13.8 Å². The molecule has 8 heteroatoms. The molecule has 0 spiro atoms. The van der Waals surface area contributed by atoms with E-state index in [1.165, 1.54) is 24.3 Å². The van der Waals surface area contributed by atoms with Gasteiger partial charge in [-0.1, -0.05) is 12.1 Å². The third-order valence-electron chi connectivity index (χ3n) is 3.46. The zero-order valence-electron chi connectivity index (χ0n) is 14.5. The molecule has 2 N–H and O–H groups in total. The third-order valence-corrected chi connectivity index (χ3v) is 3.46. The SMILES string of the molecule is CC(=O)Oc1ccc(Cc2ccc(OC(C)=O)c(C(=O)O)c2)cc1C(=O)O. The fourth-order valence-electron chi connectivity index (χ4n) is 2.43. The number of carboxylic acid groups (broad SMARTS) is 2. The summed E-state index contributed by atoms with van der Waals surface area (Å²) in [6.45, 7) is 2.33. The zero-order valence-corrected chi connectivity index (χ0v) is 14.5. The lowest BCUT2D eigenvalue weighted by Crippen LogP contribution is -2.09.